The number of aromatic amines is 1. The molecule has 1 aromatic heterocycles. The average molecular weight is 298 g/mol. The molecule has 0 saturated carbocycles. The average Bonchev–Trinajstić information content (AvgIpc) is 2.72. The Kier molecular flexibility index (Phi) is 3.43. The molecule has 6 nitrogen and oxygen atoms in total. The molecule has 8 heteroatoms. The summed E-state index contributed by atoms with van der Waals surface area (Å²) in [6.45, 7) is 3.23. The van der Waals surface area contributed by atoms with Gasteiger partial charge < -0.3 is 5.73 Å². The van der Waals surface area contributed by atoms with Crippen molar-refractivity contribution in [1.82, 2.24) is 10.2 Å². The van der Waals surface area contributed by atoms with E-state index in [1.165, 1.54) is 19.2 Å². The number of nitrogens with two attached hydrogens (primary N) is 1. The van der Waals surface area contributed by atoms with E-state index >= 15 is 0 Å². The third-order valence-electron chi connectivity index (χ3n) is 3.02. The van der Waals surface area contributed by atoms with Crippen LogP contribution in [0.15, 0.2) is 23.1 Å². The Morgan fingerprint density at radius 3 is 2.50 bits per heavy atom. The summed E-state index contributed by atoms with van der Waals surface area (Å²) in [5, 5.41) is 6.50. The van der Waals surface area contributed by atoms with Gasteiger partial charge in [-0.05, 0) is 32.0 Å². The topological polar surface area (TPSA) is 92.1 Å². The predicted octanol–water partition coefficient (Wildman–Crippen LogP) is 1.57. The molecule has 0 bridgehead atoms. The van der Waals surface area contributed by atoms with Gasteiger partial charge in [-0.15, -0.1) is 0 Å². The summed E-state index contributed by atoms with van der Waals surface area (Å²) in [5.41, 5.74) is 6.47. The molecule has 2 rings (SSSR count). The van der Waals surface area contributed by atoms with E-state index in [-0.39, 0.29) is 16.3 Å². The third kappa shape index (κ3) is 2.22. The number of rotatable bonds is 3. The van der Waals surface area contributed by atoms with Gasteiger partial charge >= 0.3 is 0 Å². The van der Waals surface area contributed by atoms with Gasteiger partial charge in [-0.1, -0.05) is 0 Å². The highest BCUT2D eigenvalue weighted by atomic mass is 32.2. The number of hydrogen-bond acceptors (Lipinski definition) is 4. The van der Waals surface area contributed by atoms with Crippen molar-refractivity contribution in [2.45, 2.75) is 18.7 Å². The van der Waals surface area contributed by atoms with Gasteiger partial charge in [0, 0.05) is 7.05 Å². The molecule has 0 spiro atoms. The molecule has 2 aromatic rings. The van der Waals surface area contributed by atoms with E-state index in [1.807, 2.05) is 0 Å². The lowest BCUT2D eigenvalue weighted by molar-refractivity contribution is 0.593. The van der Waals surface area contributed by atoms with Crippen LogP contribution in [0, 0.1) is 19.7 Å². The molecule has 0 radical (unpaired) electrons. The molecule has 0 atom stereocenters. The first-order chi connectivity index (χ1) is 9.25. The van der Waals surface area contributed by atoms with Gasteiger partial charge in [-0.25, -0.2) is 12.8 Å². The zero-order chi connectivity index (χ0) is 15.1. The van der Waals surface area contributed by atoms with Gasteiger partial charge in [0.05, 0.1) is 22.8 Å². The molecule has 3 N–H and O–H groups in total. The van der Waals surface area contributed by atoms with Crippen LogP contribution in [0.3, 0.4) is 0 Å². The summed E-state index contributed by atoms with van der Waals surface area (Å²) >= 11 is 0. The van der Waals surface area contributed by atoms with Crippen LogP contribution >= 0.6 is 0 Å². The SMILES string of the molecule is Cc1n[nH]c(C)c1S(=O)(=O)N(C)c1ccc(F)c(N)c1. The molecule has 0 aliphatic carbocycles. The number of aromatic nitrogens is 2. The summed E-state index contributed by atoms with van der Waals surface area (Å²) in [4.78, 5) is 0.114. The Bertz CT molecular complexity index is 735. The molecule has 0 fully saturated rings. The third-order valence-corrected chi connectivity index (χ3v) is 5.07. The van der Waals surface area contributed by atoms with Gasteiger partial charge in [-0.3, -0.25) is 9.40 Å². The fourth-order valence-corrected chi connectivity index (χ4v) is 3.44. The van der Waals surface area contributed by atoms with Crippen molar-refractivity contribution in [2.75, 3.05) is 17.1 Å². The van der Waals surface area contributed by atoms with Gasteiger partial charge in [-0.2, -0.15) is 5.10 Å². The fourth-order valence-electron chi connectivity index (χ4n) is 1.92. The second kappa shape index (κ2) is 4.78. The summed E-state index contributed by atoms with van der Waals surface area (Å²) in [5.74, 6) is -0.588. The standard InChI is InChI=1S/C12H15FN4O2S/c1-7-12(8(2)16-15-7)20(18,19)17(3)9-4-5-10(13)11(14)6-9/h4-6H,14H2,1-3H3,(H,15,16). The normalized spacial score (nSPS) is 11.6. The molecular weight excluding hydrogens is 283 g/mol. The summed E-state index contributed by atoms with van der Waals surface area (Å²) in [6.07, 6.45) is 0. The van der Waals surface area contributed by atoms with Crippen molar-refractivity contribution in [3.05, 3.63) is 35.4 Å². The Balaban J connectivity index is 2.52. The van der Waals surface area contributed by atoms with E-state index in [0.717, 1.165) is 10.4 Å². The van der Waals surface area contributed by atoms with Crippen LogP contribution in [0.25, 0.3) is 0 Å². The molecule has 108 valence electrons. The number of sulfonamides is 1. The van der Waals surface area contributed by atoms with Gasteiger partial charge in [0.25, 0.3) is 10.0 Å². The number of nitrogen functional groups attached to an aromatic ring is 1. The minimum atomic E-state index is -3.78. The van der Waals surface area contributed by atoms with Crippen LogP contribution in [-0.2, 0) is 10.0 Å². The number of nitrogens with zero attached hydrogens (tertiary/aromatic N) is 2. The Hall–Kier alpha value is -2.09. The minimum Gasteiger partial charge on any atom is -0.396 e. The smallest absolute Gasteiger partial charge is 0.267 e. The van der Waals surface area contributed by atoms with Gasteiger partial charge in [0.2, 0.25) is 0 Å². The van der Waals surface area contributed by atoms with E-state index in [9.17, 15) is 12.8 Å². The maximum Gasteiger partial charge on any atom is 0.267 e. The Morgan fingerprint density at radius 1 is 1.35 bits per heavy atom. The maximum atomic E-state index is 13.2. The second-order valence-corrected chi connectivity index (χ2v) is 6.35. The lowest BCUT2D eigenvalue weighted by Gasteiger charge is -2.20. The Morgan fingerprint density at radius 2 is 2.00 bits per heavy atom. The maximum absolute atomic E-state index is 13.2. The molecule has 0 saturated heterocycles. The van der Waals surface area contributed by atoms with Gasteiger partial charge in [0.15, 0.2) is 0 Å². The molecule has 1 aromatic carbocycles. The van der Waals surface area contributed by atoms with Crippen molar-refractivity contribution in [2.24, 2.45) is 0 Å². The number of halogens is 1. The van der Waals surface area contributed by atoms with Crippen molar-refractivity contribution in [1.29, 1.82) is 0 Å². The largest absolute Gasteiger partial charge is 0.396 e. The molecule has 0 aliphatic rings. The van der Waals surface area contributed by atoms with Crippen LogP contribution in [0.5, 0.6) is 0 Å². The summed E-state index contributed by atoms with van der Waals surface area (Å²) < 4.78 is 39.3. The van der Waals surface area contributed by atoms with E-state index in [0.29, 0.717) is 11.4 Å². The Labute approximate surface area is 116 Å². The van der Waals surface area contributed by atoms with Crippen molar-refractivity contribution in [3.8, 4) is 0 Å². The van der Waals surface area contributed by atoms with Crippen LogP contribution in [0.2, 0.25) is 0 Å². The monoisotopic (exact) mass is 298 g/mol. The highest BCUT2D eigenvalue weighted by Crippen LogP contribution is 2.27. The zero-order valence-corrected chi connectivity index (χ0v) is 12.1. The van der Waals surface area contributed by atoms with E-state index in [1.54, 1.807) is 13.8 Å². The van der Waals surface area contributed by atoms with Crippen molar-refractivity contribution < 1.29 is 12.8 Å². The number of hydrogen-bond donors (Lipinski definition) is 2. The first kappa shape index (κ1) is 14.3. The number of aryl methyl sites for hydroxylation is 2. The molecular formula is C12H15FN4O2S. The van der Waals surface area contributed by atoms with Crippen LogP contribution in [-0.4, -0.2) is 25.7 Å². The van der Waals surface area contributed by atoms with Gasteiger partial charge in [0.1, 0.15) is 10.7 Å². The lowest BCUT2D eigenvalue weighted by Crippen LogP contribution is -2.27. The number of benzene rings is 1. The van der Waals surface area contributed by atoms with E-state index in [4.69, 9.17) is 5.73 Å². The molecule has 0 amide bonds. The first-order valence-corrected chi connectivity index (χ1v) is 7.24. The molecule has 20 heavy (non-hydrogen) atoms. The lowest BCUT2D eigenvalue weighted by atomic mass is 10.3. The highest BCUT2D eigenvalue weighted by Gasteiger charge is 2.27. The summed E-state index contributed by atoms with van der Waals surface area (Å²) in [7, 11) is -2.40. The fraction of sp³-hybridized carbons (Fsp3) is 0.250. The van der Waals surface area contributed by atoms with Crippen molar-refractivity contribution in [3.63, 3.8) is 0 Å². The summed E-state index contributed by atoms with van der Waals surface area (Å²) in [6, 6.07) is 3.76. The number of anilines is 2. The minimum absolute atomic E-state index is 0.106. The van der Waals surface area contributed by atoms with E-state index in [2.05, 4.69) is 10.2 Å². The number of nitrogens with one attached hydrogen (secondary N) is 1. The molecule has 0 aliphatic heterocycles. The van der Waals surface area contributed by atoms with Crippen LogP contribution in [0.4, 0.5) is 15.8 Å². The first-order valence-electron chi connectivity index (χ1n) is 5.80. The quantitative estimate of drug-likeness (QED) is 0.841. The van der Waals surface area contributed by atoms with Crippen LogP contribution in [0.1, 0.15) is 11.4 Å². The van der Waals surface area contributed by atoms with E-state index < -0.39 is 15.8 Å². The van der Waals surface area contributed by atoms with Crippen LogP contribution < -0.4 is 10.0 Å². The van der Waals surface area contributed by atoms with Crippen molar-refractivity contribution >= 4 is 21.4 Å². The predicted molar refractivity (Wildman–Crippen MR) is 74.5 cm³/mol. The zero-order valence-electron chi connectivity index (χ0n) is 11.3. The molecule has 0 unspecified atom stereocenters. The number of H-pyrrole nitrogens is 1. The molecule has 1 heterocycles. The highest BCUT2D eigenvalue weighted by molar-refractivity contribution is 7.92. The second-order valence-electron chi connectivity index (χ2n) is 4.44.